The van der Waals surface area contributed by atoms with Gasteiger partial charge >= 0.3 is 0 Å². The highest BCUT2D eigenvalue weighted by atomic mass is 15.3. The van der Waals surface area contributed by atoms with Gasteiger partial charge in [0.1, 0.15) is 0 Å². The van der Waals surface area contributed by atoms with Crippen molar-refractivity contribution in [3.8, 4) is 0 Å². The van der Waals surface area contributed by atoms with Crippen LogP contribution in [0.15, 0.2) is 0 Å². The Kier molecular flexibility index (Phi) is 3.94. The summed E-state index contributed by atoms with van der Waals surface area (Å²) in [6.07, 6.45) is 2.98. The van der Waals surface area contributed by atoms with Crippen LogP contribution in [0.4, 0.5) is 0 Å². The van der Waals surface area contributed by atoms with Gasteiger partial charge in [-0.25, -0.2) is 0 Å². The van der Waals surface area contributed by atoms with Crippen LogP contribution in [0.5, 0.6) is 0 Å². The van der Waals surface area contributed by atoms with Gasteiger partial charge < -0.3 is 4.90 Å². The Hall–Kier alpha value is -0.0800. The van der Waals surface area contributed by atoms with E-state index in [1.807, 2.05) is 0 Å². The lowest BCUT2D eigenvalue weighted by molar-refractivity contribution is -0.000232. The van der Waals surface area contributed by atoms with E-state index in [4.69, 9.17) is 0 Å². The second-order valence-electron chi connectivity index (χ2n) is 10.2. The first-order valence-corrected chi connectivity index (χ1v) is 9.10. The van der Waals surface area contributed by atoms with E-state index in [9.17, 15) is 0 Å². The zero-order chi connectivity index (χ0) is 15.4. The van der Waals surface area contributed by atoms with Crippen LogP contribution < -0.4 is 0 Å². The monoisotopic (exact) mass is 292 g/mol. The second kappa shape index (κ2) is 5.23. The van der Waals surface area contributed by atoms with E-state index in [-0.39, 0.29) is 0 Å². The van der Waals surface area contributed by atoms with E-state index in [1.54, 1.807) is 0 Å². The molecular weight excluding hydrogens is 256 g/mol. The topological polar surface area (TPSA) is 6.48 Å². The van der Waals surface area contributed by atoms with Gasteiger partial charge in [0.15, 0.2) is 0 Å². The fraction of sp³-hybridized carbons (Fsp3) is 1.00. The molecule has 1 aliphatic carbocycles. The minimum Gasteiger partial charge on any atom is -0.302 e. The Labute approximate surface area is 132 Å². The number of fused-ring (bicyclic) bond motifs is 1. The molecule has 1 saturated carbocycles. The summed E-state index contributed by atoms with van der Waals surface area (Å²) < 4.78 is 0. The fourth-order valence-electron chi connectivity index (χ4n) is 4.85. The van der Waals surface area contributed by atoms with Crippen molar-refractivity contribution in [1.29, 1.82) is 0 Å². The lowest BCUT2D eigenvalue weighted by atomic mass is 9.79. The summed E-state index contributed by atoms with van der Waals surface area (Å²) in [6.45, 7) is 21.1. The molecule has 3 aliphatic rings. The largest absolute Gasteiger partial charge is 0.302 e. The highest BCUT2D eigenvalue weighted by Gasteiger charge is 2.45. The molecule has 3 fully saturated rings. The van der Waals surface area contributed by atoms with Crippen molar-refractivity contribution in [2.45, 2.75) is 59.9 Å². The molecule has 2 atom stereocenters. The molecule has 0 amide bonds. The lowest BCUT2D eigenvalue weighted by Gasteiger charge is -2.48. The molecule has 0 spiro atoms. The molecule has 2 unspecified atom stereocenters. The standard InChI is InChI=1S/C19H36N2/c1-18(2,3)17-7-15-12-20(13-16(15)8-17)9-14-10-21(11-14)19(4,5)6/h14-17H,7-13H2,1-6H3. The van der Waals surface area contributed by atoms with Crippen molar-refractivity contribution in [1.82, 2.24) is 9.80 Å². The fourth-order valence-corrected chi connectivity index (χ4v) is 4.85. The third-order valence-electron chi connectivity index (χ3n) is 6.47. The minimum absolute atomic E-state index is 0.373. The van der Waals surface area contributed by atoms with E-state index in [1.165, 1.54) is 45.6 Å². The highest BCUT2D eigenvalue weighted by molar-refractivity contribution is 4.97. The van der Waals surface area contributed by atoms with Crippen molar-refractivity contribution in [2.75, 3.05) is 32.7 Å². The van der Waals surface area contributed by atoms with Gasteiger partial charge in [0.2, 0.25) is 0 Å². The molecule has 0 aromatic carbocycles. The van der Waals surface area contributed by atoms with Crippen molar-refractivity contribution in [3.63, 3.8) is 0 Å². The average Bonchev–Trinajstić information content (AvgIpc) is 2.76. The Balaban J connectivity index is 1.43. The van der Waals surface area contributed by atoms with E-state index in [2.05, 4.69) is 51.3 Å². The molecule has 0 bridgehead atoms. The van der Waals surface area contributed by atoms with Gasteiger partial charge in [-0.15, -0.1) is 0 Å². The summed E-state index contributed by atoms with van der Waals surface area (Å²) >= 11 is 0. The normalized spacial score (nSPS) is 36.0. The zero-order valence-electron chi connectivity index (χ0n) is 15.2. The smallest absolute Gasteiger partial charge is 0.0125 e. The van der Waals surface area contributed by atoms with Gasteiger partial charge in [0.05, 0.1) is 0 Å². The van der Waals surface area contributed by atoms with Crippen LogP contribution in [0.3, 0.4) is 0 Å². The van der Waals surface area contributed by atoms with E-state index in [0.29, 0.717) is 11.0 Å². The Morgan fingerprint density at radius 2 is 1.33 bits per heavy atom. The van der Waals surface area contributed by atoms with E-state index >= 15 is 0 Å². The van der Waals surface area contributed by atoms with Crippen molar-refractivity contribution in [2.24, 2.45) is 29.1 Å². The second-order valence-corrected chi connectivity index (χ2v) is 10.2. The molecule has 122 valence electrons. The van der Waals surface area contributed by atoms with Gasteiger partial charge in [0.25, 0.3) is 0 Å². The maximum absolute atomic E-state index is 2.79. The minimum atomic E-state index is 0.373. The first-order chi connectivity index (χ1) is 9.63. The number of hydrogen-bond acceptors (Lipinski definition) is 2. The third-order valence-corrected chi connectivity index (χ3v) is 6.47. The summed E-state index contributed by atoms with van der Waals surface area (Å²) in [7, 11) is 0. The van der Waals surface area contributed by atoms with Gasteiger partial charge in [0, 0.05) is 38.3 Å². The number of hydrogen-bond donors (Lipinski definition) is 0. The van der Waals surface area contributed by atoms with Crippen LogP contribution in [0.25, 0.3) is 0 Å². The number of likely N-dealkylation sites (tertiary alicyclic amines) is 2. The molecule has 0 radical (unpaired) electrons. The third kappa shape index (κ3) is 3.32. The summed E-state index contributed by atoms with van der Waals surface area (Å²) in [5.74, 6) is 3.91. The van der Waals surface area contributed by atoms with Crippen LogP contribution in [-0.2, 0) is 0 Å². The first kappa shape index (κ1) is 15.8. The molecule has 0 aromatic heterocycles. The predicted molar refractivity (Wildman–Crippen MR) is 90.4 cm³/mol. The maximum Gasteiger partial charge on any atom is 0.0125 e. The van der Waals surface area contributed by atoms with Crippen LogP contribution in [0.1, 0.15) is 54.4 Å². The predicted octanol–water partition coefficient (Wildman–Crippen LogP) is 3.72. The first-order valence-electron chi connectivity index (χ1n) is 9.10. The van der Waals surface area contributed by atoms with Crippen LogP contribution in [0.2, 0.25) is 0 Å². The van der Waals surface area contributed by atoms with Crippen molar-refractivity contribution in [3.05, 3.63) is 0 Å². The van der Waals surface area contributed by atoms with Gasteiger partial charge in [-0.05, 0) is 62.7 Å². The molecule has 2 heteroatoms. The molecule has 21 heavy (non-hydrogen) atoms. The van der Waals surface area contributed by atoms with Crippen molar-refractivity contribution >= 4 is 0 Å². The SMILES string of the molecule is CC(C)(C)C1CC2CN(CC3CN(C(C)(C)C)C3)CC2C1. The molecule has 2 aliphatic heterocycles. The van der Waals surface area contributed by atoms with Crippen LogP contribution in [-0.4, -0.2) is 48.1 Å². The van der Waals surface area contributed by atoms with Crippen LogP contribution >= 0.6 is 0 Å². The van der Waals surface area contributed by atoms with Gasteiger partial charge in [-0.2, -0.15) is 0 Å². The summed E-state index contributed by atoms with van der Waals surface area (Å²) in [5, 5.41) is 0. The lowest BCUT2D eigenvalue weighted by Crippen LogP contribution is -2.58. The molecule has 3 rings (SSSR count). The van der Waals surface area contributed by atoms with Crippen molar-refractivity contribution < 1.29 is 0 Å². The van der Waals surface area contributed by atoms with Crippen LogP contribution in [0, 0.1) is 29.1 Å². The molecule has 0 aromatic rings. The van der Waals surface area contributed by atoms with Gasteiger partial charge in [-0.3, -0.25) is 4.90 Å². The van der Waals surface area contributed by atoms with Gasteiger partial charge in [-0.1, -0.05) is 20.8 Å². The quantitative estimate of drug-likeness (QED) is 0.765. The summed E-state index contributed by atoms with van der Waals surface area (Å²) in [5.41, 5.74) is 0.897. The Morgan fingerprint density at radius 1 is 0.810 bits per heavy atom. The molecule has 0 N–H and O–H groups in total. The Bertz CT molecular complexity index is 353. The van der Waals surface area contributed by atoms with E-state index in [0.717, 1.165) is 23.7 Å². The average molecular weight is 293 g/mol. The summed E-state index contributed by atoms with van der Waals surface area (Å²) in [4.78, 5) is 5.42. The molecule has 2 heterocycles. The zero-order valence-corrected chi connectivity index (χ0v) is 15.2. The maximum atomic E-state index is 2.79. The number of nitrogens with zero attached hydrogens (tertiary/aromatic N) is 2. The molecule has 2 nitrogen and oxygen atoms in total. The Morgan fingerprint density at radius 3 is 1.76 bits per heavy atom. The molecule has 2 saturated heterocycles. The number of rotatable bonds is 2. The van der Waals surface area contributed by atoms with E-state index < -0.39 is 0 Å². The molecular formula is C19H36N2. The highest BCUT2D eigenvalue weighted by Crippen LogP contribution is 2.48. The summed E-state index contributed by atoms with van der Waals surface area (Å²) in [6, 6.07) is 0.